The number of rotatable bonds is 4. The molecule has 30 heavy (non-hydrogen) atoms. The maximum atomic E-state index is 13.3. The lowest BCUT2D eigenvalue weighted by Crippen LogP contribution is -2.59. The number of carbonyl (C=O) groups is 1. The van der Waals surface area contributed by atoms with Gasteiger partial charge in [-0.3, -0.25) is 4.79 Å². The lowest BCUT2D eigenvalue weighted by molar-refractivity contribution is -0.0167. The van der Waals surface area contributed by atoms with Gasteiger partial charge in [-0.05, 0) is 87.9 Å². The van der Waals surface area contributed by atoms with Crippen molar-refractivity contribution in [3.8, 4) is 0 Å². The summed E-state index contributed by atoms with van der Waals surface area (Å²) in [6.45, 7) is 4.24. The molecule has 4 saturated carbocycles. The van der Waals surface area contributed by atoms with E-state index in [1.807, 2.05) is 14.0 Å². The van der Waals surface area contributed by atoms with Crippen LogP contribution in [0.3, 0.4) is 0 Å². The fourth-order valence-electron chi connectivity index (χ4n) is 6.76. The second-order valence-electron chi connectivity index (χ2n) is 10.3. The molecule has 0 aromatic heterocycles. The Labute approximate surface area is 180 Å². The van der Waals surface area contributed by atoms with Gasteiger partial charge in [0.1, 0.15) is 0 Å². The van der Waals surface area contributed by atoms with E-state index < -0.39 is 10.0 Å². The fraction of sp³-hybridized carbons (Fsp3) is 0.696. The van der Waals surface area contributed by atoms with Gasteiger partial charge >= 0.3 is 0 Å². The van der Waals surface area contributed by atoms with Crippen molar-refractivity contribution in [2.24, 2.45) is 17.8 Å². The SMILES string of the molecule is Cc1ccc(C(=O)NC23CC4CC(CC(C4)C2)C3)cc1S(=O)(=O)N1CCN(C)CC1. The fourth-order valence-corrected chi connectivity index (χ4v) is 8.44. The van der Waals surface area contributed by atoms with Crippen molar-refractivity contribution < 1.29 is 13.2 Å². The lowest BCUT2D eigenvalue weighted by atomic mass is 9.53. The minimum absolute atomic E-state index is 0.0762. The summed E-state index contributed by atoms with van der Waals surface area (Å²) in [6.07, 6.45) is 7.24. The average Bonchev–Trinajstić information content (AvgIpc) is 2.67. The molecule has 1 heterocycles. The van der Waals surface area contributed by atoms with Crippen LogP contribution in [0.15, 0.2) is 23.1 Å². The zero-order chi connectivity index (χ0) is 21.1. The predicted molar refractivity (Wildman–Crippen MR) is 116 cm³/mol. The number of piperazine rings is 1. The zero-order valence-corrected chi connectivity index (χ0v) is 18.9. The van der Waals surface area contributed by atoms with Crippen LogP contribution >= 0.6 is 0 Å². The van der Waals surface area contributed by atoms with Crippen LogP contribution in [0.25, 0.3) is 0 Å². The standard InChI is InChI=1S/C23H33N3O3S/c1-16-3-4-20(12-21(16)30(28,29)26-7-5-25(2)6-8-26)22(27)24-23-13-17-9-18(14-23)11-19(10-17)15-23/h3-4,12,17-19H,5-11,13-15H2,1-2H3,(H,24,27). The molecular formula is C23H33N3O3S. The van der Waals surface area contributed by atoms with Crippen LogP contribution in [0.4, 0.5) is 0 Å². The summed E-state index contributed by atoms with van der Waals surface area (Å²) in [7, 11) is -1.59. The number of nitrogens with zero attached hydrogens (tertiary/aromatic N) is 2. The Balaban J connectivity index is 1.37. The summed E-state index contributed by atoms with van der Waals surface area (Å²) in [5.74, 6) is 2.14. The van der Waals surface area contributed by atoms with E-state index in [2.05, 4.69) is 10.2 Å². The third-order valence-corrected chi connectivity index (χ3v) is 9.99. The Bertz CT molecular complexity index is 915. The van der Waals surface area contributed by atoms with Crippen LogP contribution in [-0.2, 0) is 10.0 Å². The molecule has 0 spiro atoms. The van der Waals surface area contributed by atoms with Gasteiger partial charge < -0.3 is 10.2 Å². The maximum absolute atomic E-state index is 13.3. The maximum Gasteiger partial charge on any atom is 0.251 e. The quantitative estimate of drug-likeness (QED) is 0.796. The summed E-state index contributed by atoms with van der Waals surface area (Å²) in [5.41, 5.74) is 1.08. The molecule has 6 rings (SSSR count). The first-order chi connectivity index (χ1) is 14.2. The van der Waals surface area contributed by atoms with E-state index in [-0.39, 0.29) is 16.3 Å². The van der Waals surface area contributed by atoms with Crippen LogP contribution in [0, 0.1) is 24.7 Å². The highest BCUT2D eigenvalue weighted by Crippen LogP contribution is 2.55. The van der Waals surface area contributed by atoms with Crippen molar-refractivity contribution in [1.29, 1.82) is 0 Å². The van der Waals surface area contributed by atoms with E-state index in [0.29, 0.717) is 24.2 Å². The molecule has 0 atom stereocenters. The van der Waals surface area contributed by atoms with E-state index in [1.165, 1.54) is 19.3 Å². The molecule has 1 aliphatic heterocycles. The van der Waals surface area contributed by atoms with Crippen LogP contribution in [0.5, 0.6) is 0 Å². The average molecular weight is 432 g/mol. The summed E-state index contributed by atoms with van der Waals surface area (Å²) in [5, 5.41) is 3.37. The van der Waals surface area contributed by atoms with Gasteiger partial charge in [-0.1, -0.05) is 6.07 Å². The summed E-state index contributed by atoms with van der Waals surface area (Å²) in [4.78, 5) is 15.6. The van der Waals surface area contributed by atoms with E-state index >= 15 is 0 Å². The highest BCUT2D eigenvalue weighted by Gasteiger charge is 2.51. The van der Waals surface area contributed by atoms with Gasteiger partial charge in [0, 0.05) is 37.3 Å². The molecule has 1 aromatic carbocycles. The van der Waals surface area contributed by atoms with Crippen molar-refractivity contribution in [3.05, 3.63) is 29.3 Å². The molecule has 1 saturated heterocycles. The van der Waals surface area contributed by atoms with Gasteiger partial charge in [0.2, 0.25) is 10.0 Å². The van der Waals surface area contributed by atoms with Crippen molar-refractivity contribution in [2.75, 3.05) is 33.2 Å². The lowest BCUT2D eigenvalue weighted by Gasteiger charge is -2.56. The highest BCUT2D eigenvalue weighted by molar-refractivity contribution is 7.89. The van der Waals surface area contributed by atoms with Crippen LogP contribution in [0.1, 0.15) is 54.4 Å². The molecule has 4 aliphatic carbocycles. The first kappa shape index (κ1) is 20.5. The van der Waals surface area contributed by atoms with Crippen molar-refractivity contribution >= 4 is 15.9 Å². The first-order valence-corrected chi connectivity index (χ1v) is 12.8. The predicted octanol–water partition coefficient (Wildman–Crippen LogP) is 2.63. The number of sulfonamides is 1. The zero-order valence-electron chi connectivity index (χ0n) is 18.1. The normalized spacial score (nSPS) is 34.3. The van der Waals surface area contributed by atoms with Crippen molar-refractivity contribution in [1.82, 2.24) is 14.5 Å². The third-order valence-electron chi connectivity index (χ3n) is 7.95. The van der Waals surface area contributed by atoms with E-state index in [4.69, 9.17) is 0 Å². The van der Waals surface area contributed by atoms with Crippen molar-refractivity contribution in [2.45, 2.75) is 55.9 Å². The summed E-state index contributed by atoms with van der Waals surface area (Å²) >= 11 is 0. The van der Waals surface area contributed by atoms with Gasteiger partial charge in [0.25, 0.3) is 5.91 Å². The van der Waals surface area contributed by atoms with Crippen LogP contribution in [0.2, 0.25) is 0 Å². The van der Waals surface area contributed by atoms with Gasteiger partial charge in [-0.2, -0.15) is 4.31 Å². The second kappa shape index (κ2) is 7.31. The highest BCUT2D eigenvalue weighted by atomic mass is 32.2. The Morgan fingerprint density at radius 2 is 1.57 bits per heavy atom. The van der Waals surface area contributed by atoms with E-state index in [0.717, 1.165) is 50.1 Å². The molecule has 0 radical (unpaired) electrons. The number of carbonyl (C=O) groups excluding carboxylic acids is 1. The monoisotopic (exact) mass is 431 g/mol. The molecule has 6 nitrogen and oxygen atoms in total. The number of hydrogen-bond acceptors (Lipinski definition) is 4. The molecule has 1 N–H and O–H groups in total. The molecule has 5 aliphatic rings. The minimum Gasteiger partial charge on any atom is -0.347 e. The number of aryl methyl sites for hydroxylation is 1. The number of nitrogens with one attached hydrogen (secondary N) is 1. The molecule has 7 heteroatoms. The molecule has 1 aromatic rings. The van der Waals surface area contributed by atoms with Crippen LogP contribution < -0.4 is 5.32 Å². The summed E-state index contributed by atoms with van der Waals surface area (Å²) in [6, 6.07) is 5.14. The van der Waals surface area contributed by atoms with E-state index in [1.54, 1.807) is 22.5 Å². The van der Waals surface area contributed by atoms with Crippen molar-refractivity contribution in [3.63, 3.8) is 0 Å². The number of amides is 1. The van der Waals surface area contributed by atoms with E-state index in [9.17, 15) is 13.2 Å². The first-order valence-electron chi connectivity index (χ1n) is 11.4. The van der Waals surface area contributed by atoms with Gasteiger partial charge in [0.15, 0.2) is 0 Å². The number of hydrogen-bond donors (Lipinski definition) is 1. The van der Waals surface area contributed by atoms with Crippen LogP contribution in [-0.4, -0.2) is 62.3 Å². The molecular weight excluding hydrogens is 398 g/mol. The topological polar surface area (TPSA) is 69.7 Å². The smallest absolute Gasteiger partial charge is 0.251 e. The molecule has 4 bridgehead atoms. The van der Waals surface area contributed by atoms with Gasteiger partial charge in [-0.25, -0.2) is 8.42 Å². The molecule has 5 fully saturated rings. The number of likely N-dealkylation sites (N-methyl/N-ethyl adjacent to an activating group) is 1. The Hall–Kier alpha value is -1.44. The van der Waals surface area contributed by atoms with Gasteiger partial charge in [-0.15, -0.1) is 0 Å². The molecule has 1 amide bonds. The number of benzene rings is 1. The Morgan fingerprint density at radius 3 is 2.13 bits per heavy atom. The minimum atomic E-state index is -3.60. The second-order valence-corrected chi connectivity index (χ2v) is 12.2. The van der Waals surface area contributed by atoms with Gasteiger partial charge in [0.05, 0.1) is 4.90 Å². The third kappa shape index (κ3) is 3.59. The Kier molecular flexibility index (Phi) is 4.99. The largest absolute Gasteiger partial charge is 0.347 e. The molecule has 0 unspecified atom stereocenters. The summed E-state index contributed by atoms with van der Waals surface area (Å²) < 4.78 is 28.1. The Morgan fingerprint density at radius 1 is 1.00 bits per heavy atom. The molecule has 164 valence electrons.